The van der Waals surface area contributed by atoms with E-state index in [0.717, 1.165) is 25.8 Å². The highest BCUT2D eigenvalue weighted by Crippen LogP contribution is 2.27. The van der Waals surface area contributed by atoms with E-state index < -0.39 is 0 Å². The first-order valence-electron chi connectivity index (χ1n) is 6.58. The number of nitrogens with one attached hydrogen (secondary N) is 1. The van der Waals surface area contributed by atoms with Crippen LogP contribution in [-0.2, 0) is 0 Å². The zero-order valence-electron chi connectivity index (χ0n) is 11.5. The number of hydrogen-bond donors (Lipinski definition) is 1. The third-order valence-electron chi connectivity index (χ3n) is 2.91. The average molecular weight is 308 g/mol. The lowest BCUT2D eigenvalue weighted by molar-refractivity contribution is 0.504. The van der Waals surface area contributed by atoms with E-state index in [4.69, 9.17) is 0 Å². The first-order valence-corrected chi connectivity index (χ1v) is 7.37. The zero-order chi connectivity index (χ0) is 13.4. The maximum atomic E-state index is 3.67. The molecule has 1 rings (SSSR count). The second-order valence-electron chi connectivity index (χ2n) is 4.50. The minimum atomic E-state index is 0.390. The van der Waals surface area contributed by atoms with Crippen molar-refractivity contribution >= 4 is 15.9 Å². The molecule has 2 heteroatoms. The van der Waals surface area contributed by atoms with Crippen LogP contribution in [0.4, 0.5) is 0 Å². The molecule has 0 aliphatic heterocycles. The highest BCUT2D eigenvalue weighted by Gasteiger charge is 2.13. The van der Waals surface area contributed by atoms with Gasteiger partial charge >= 0.3 is 0 Å². The summed E-state index contributed by atoms with van der Waals surface area (Å²) in [6, 6.07) is 6.96. The third kappa shape index (κ3) is 4.84. The molecule has 0 aromatic heterocycles. The fourth-order valence-electron chi connectivity index (χ4n) is 1.94. The summed E-state index contributed by atoms with van der Waals surface area (Å²) in [7, 11) is 0. The monoisotopic (exact) mass is 307 g/mol. The predicted molar refractivity (Wildman–Crippen MR) is 82.6 cm³/mol. The summed E-state index contributed by atoms with van der Waals surface area (Å²) >= 11 is 3.67. The van der Waals surface area contributed by atoms with Gasteiger partial charge in [0.2, 0.25) is 0 Å². The van der Waals surface area contributed by atoms with Crippen LogP contribution in [0.25, 0.3) is 0 Å². The number of rotatable bonds is 6. The lowest BCUT2D eigenvalue weighted by Crippen LogP contribution is -2.22. The Kier molecular flexibility index (Phi) is 7.08. The molecule has 1 aromatic carbocycles. The minimum Gasteiger partial charge on any atom is -0.310 e. The van der Waals surface area contributed by atoms with E-state index in [1.807, 2.05) is 6.92 Å². The molecule has 0 saturated heterocycles. The quantitative estimate of drug-likeness (QED) is 0.757. The fourth-order valence-corrected chi connectivity index (χ4v) is 2.71. The number of hydrogen-bond acceptors (Lipinski definition) is 1. The Hall–Kier alpha value is -0.780. The third-order valence-corrected chi connectivity index (χ3v) is 3.59. The zero-order valence-corrected chi connectivity index (χ0v) is 13.1. The van der Waals surface area contributed by atoms with E-state index in [9.17, 15) is 0 Å². The van der Waals surface area contributed by atoms with Gasteiger partial charge in [-0.3, -0.25) is 0 Å². The highest BCUT2D eigenvalue weighted by molar-refractivity contribution is 9.10. The molecule has 18 heavy (non-hydrogen) atoms. The van der Waals surface area contributed by atoms with E-state index in [-0.39, 0.29) is 0 Å². The molecule has 0 bridgehead atoms. The van der Waals surface area contributed by atoms with Gasteiger partial charge in [-0.05, 0) is 50.4 Å². The molecule has 1 unspecified atom stereocenters. The predicted octanol–water partition coefficient (Wildman–Crippen LogP) is 4.60. The van der Waals surface area contributed by atoms with E-state index in [1.165, 1.54) is 15.6 Å². The smallest absolute Gasteiger partial charge is 0.0340 e. The molecular formula is C16H22BrN. The van der Waals surface area contributed by atoms with Crippen LogP contribution in [0, 0.1) is 18.8 Å². The molecule has 1 atom stereocenters. The van der Waals surface area contributed by atoms with E-state index in [2.05, 4.69) is 65.1 Å². The Morgan fingerprint density at radius 1 is 1.39 bits per heavy atom. The van der Waals surface area contributed by atoms with Crippen molar-refractivity contribution in [3.63, 3.8) is 0 Å². The van der Waals surface area contributed by atoms with E-state index in [1.54, 1.807) is 0 Å². The molecule has 0 fully saturated rings. The summed E-state index contributed by atoms with van der Waals surface area (Å²) in [5, 5.41) is 3.61. The van der Waals surface area contributed by atoms with Crippen molar-refractivity contribution < 1.29 is 0 Å². The van der Waals surface area contributed by atoms with Crippen LogP contribution in [0.5, 0.6) is 0 Å². The molecule has 0 amide bonds. The highest BCUT2D eigenvalue weighted by atomic mass is 79.9. The van der Waals surface area contributed by atoms with Crippen molar-refractivity contribution in [2.24, 2.45) is 0 Å². The van der Waals surface area contributed by atoms with Crippen molar-refractivity contribution in [3.05, 3.63) is 33.8 Å². The Bertz CT molecular complexity index is 428. The van der Waals surface area contributed by atoms with Gasteiger partial charge in [0.1, 0.15) is 0 Å². The molecule has 98 valence electrons. The van der Waals surface area contributed by atoms with Gasteiger partial charge in [0.15, 0.2) is 0 Å². The maximum absolute atomic E-state index is 3.67. The Morgan fingerprint density at radius 3 is 2.78 bits per heavy atom. The summed E-state index contributed by atoms with van der Waals surface area (Å²) < 4.78 is 1.19. The molecule has 1 nitrogen and oxygen atoms in total. The van der Waals surface area contributed by atoms with Gasteiger partial charge in [-0.25, -0.2) is 0 Å². The molecule has 1 aromatic rings. The van der Waals surface area contributed by atoms with Crippen LogP contribution in [0.3, 0.4) is 0 Å². The number of benzene rings is 1. The van der Waals surface area contributed by atoms with Crippen LogP contribution in [-0.4, -0.2) is 6.54 Å². The van der Waals surface area contributed by atoms with Crippen molar-refractivity contribution in [1.29, 1.82) is 0 Å². The summed E-state index contributed by atoms with van der Waals surface area (Å²) in [5.41, 5.74) is 2.63. The van der Waals surface area contributed by atoms with E-state index >= 15 is 0 Å². The molecule has 0 aliphatic rings. The van der Waals surface area contributed by atoms with Gasteiger partial charge in [-0.2, -0.15) is 0 Å². The summed E-state index contributed by atoms with van der Waals surface area (Å²) in [6.45, 7) is 7.26. The lowest BCUT2D eigenvalue weighted by Gasteiger charge is -2.19. The molecular weight excluding hydrogens is 286 g/mol. The van der Waals surface area contributed by atoms with Crippen molar-refractivity contribution in [2.75, 3.05) is 6.54 Å². The Labute approximate surface area is 119 Å². The van der Waals surface area contributed by atoms with E-state index in [0.29, 0.717) is 6.04 Å². The molecule has 1 N–H and O–H groups in total. The molecule has 0 heterocycles. The van der Waals surface area contributed by atoms with Gasteiger partial charge in [0.25, 0.3) is 0 Å². The van der Waals surface area contributed by atoms with Gasteiger partial charge < -0.3 is 5.32 Å². The van der Waals surface area contributed by atoms with Crippen molar-refractivity contribution in [1.82, 2.24) is 5.32 Å². The van der Waals surface area contributed by atoms with Gasteiger partial charge in [-0.1, -0.05) is 35.0 Å². The van der Waals surface area contributed by atoms with Crippen LogP contribution >= 0.6 is 15.9 Å². The second kappa shape index (κ2) is 8.34. The summed E-state index contributed by atoms with van der Waals surface area (Å²) in [4.78, 5) is 0. The SMILES string of the molecule is CC#CCCC(NCCC)c1ccc(C)cc1Br. The minimum absolute atomic E-state index is 0.390. The van der Waals surface area contributed by atoms with Gasteiger partial charge in [-0.15, -0.1) is 11.8 Å². The molecule has 0 aliphatic carbocycles. The largest absolute Gasteiger partial charge is 0.310 e. The van der Waals surface area contributed by atoms with Crippen molar-refractivity contribution in [2.45, 2.75) is 46.1 Å². The summed E-state index contributed by atoms with van der Waals surface area (Å²) in [5.74, 6) is 6.12. The number of halogens is 1. The first kappa shape index (κ1) is 15.3. The average Bonchev–Trinajstić information content (AvgIpc) is 2.34. The summed E-state index contributed by atoms with van der Waals surface area (Å²) in [6.07, 6.45) is 3.15. The molecule has 0 saturated carbocycles. The fraction of sp³-hybridized carbons (Fsp3) is 0.500. The Balaban J connectivity index is 2.81. The van der Waals surface area contributed by atoms with Crippen LogP contribution < -0.4 is 5.32 Å². The maximum Gasteiger partial charge on any atom is 0.0340 e. The van der Waals surface area contributed by atoms with Crippen molar-refractivity contribution in [3.8, 4) is 11.8 Å². The topological polar surface area (TPSA) is 12.0 Å². The lowest BCUT2D eigenvalue weighted by atomic mass is 10.0. The standard InChI is InChI=1S/C16H22BrN/c1-4-6-7-8-16(18-11-5-2)14-10-9-13(3)12-15(14)17/h9-10,12,16,18H,5,7-8,11H2,1-3H3. The van der Waals surface area contributed by atoms with Crippen LogP contribution in [0.2, 0.25) is 0 Å². The Morgan fingerprint density at radius 2 is 2.17 bits per heavy atom. The molecule has 0 spiro atoms. The normalized spacial score (nSPS) is 11.8. The molecule has 0 radical (unpaired) electrons. The van der Waals surface area contributed by atoms with Crippen LogP contribution in [0.1, 0.15) is 50.3 Å². The van der Waals surface area contributed by atoms with Gasteiger partial charge in [0, 0.05) is 16.9 Å². The number of aryl methyl sites for hydroxylation is 1. The van der Waals surface area contributed by atoms with Gasteiger partial charge in [0.05, 0.1) is 0 Å². The van der Waals surface area contributed by atoms with Crippen LogP contribution in [0.15, 0.2) is 22.7 Å². The second-order valence-corrected chi connectivity index (χ2v) is 5.35. The first-order chi connectivity index (χ1) is 8.69.